The Balaban J connectivity index is 2.89. The number of ether oxygens (including phenoxy) is 2. The summed E-state index contributed by atoms with van der Waals surface area (Å²) in [5.74, 6) is 5.82. The maximum absolute atomic E-state index is 5.50. The third kappa shape index (κ3) is 13.5. The van der Waals surface area contributed by atoms with Crippen LogP contribution < -0.4 is 0 Å². The largest absolute Gasteiger partial charge is 0.381 e. The summed E-state index contributed by atoms with van der Waals surface area (Å²) in [5.41, 5.74) is 0. The molecule has 0 heterocycles. The van der Waals surface area contributed by atoms with Gasteiger partial charge in [0.2, 0.25) is 0 Å². The first-order valence-electron chi connectivity index (χ1n) is 6.47. The lowest BCUT2D eigenvalue weighted by atomic mass is 10.2. The summed E-state index contributed by atoms with van der Waals surface area (Å²) in [5, 5.41) is 0. The van der Waals surface area contributed by atoms with Gasteiger partial charge in [0.25, 0.3) is 0 Å². The van der Waals surface area contributed by atoms with Crippen molar-refractivity contribution in [2.24, 2.45) is 0 Å². The third-order valence-electron chi connectivity index (χ3n) is 2.27. The molecule has 0 N–H and O–H groups in total. The van der Waals surface area contributed by atoms with Crippen LogP contribution in [-0.4, -0.2) is 26.4 Å². The van der Waals surface area contributed by atoms with E-state index in [1.165, 1.54) is 25.7 Å². The van der Waals surface area contributed by atoms with Gasteiger partial charge in [0.05, 0.1) is 6.61 Å². The highest BCUT2D eigenvalue weighted by Gasteiger charge is 1.91. The van der Waals surface area contributed by atoms with Crippen molar-refractivity contribution in [3.05, 3.63) is 0 Å². The monoisotopic (exact) mass is 226 g/mol. The van der Waals surface area contributed by atoms with Crippen molar-refractivity contribution in [1.29, 1.82) is 0 Å². The molecule has 0 bridgehead atoms. The van der Waals surface area contributed by atoms with Crippen LogP contribution in [0.1, 0.15) is 52.4 Å². The van der Waals surface area contributed by atoms with E-state index in [4.69, 9.17) is 9.47 Å². The van der Waals surface area contributed by atoms with Crippen LogP contribution in [0.4, 0.5) is 0 Å². The number of rotatable bonds is 11. The maximum Gasteiger partial charge on any atom is 0.0575 e. The van der Waals surface area contributed by atoms with E-state index in [9.17, 15) is 0 Å². The van der Waals surface area contributed by atoms with Crippen LogP contribution >= 0.6 is 0 Å². The Bertz CT molecular complexity index is 179. The zero-order valence-corrected chi connectivity index (χ0v) is 10.9. The Labute approximate surface area is 101 Å². The summed E-state index contributed by atoms with van der Waals surface area (Å²) >= 11 is 0. The van der Waals surface area contributed by atoms with Gasteiger partial charge < -0.3 is 9.47 Å². The smallest absolute Gasteiger partial charge is 0.0575 e. The van der Waals surface area contributed by atoms with Gasteiger partial charge in [0.15, 0.2) is 0 Å². The predicted octanol–water partition coefficient (Wildman–Crippen LogP) is 3.40. The lowest BCUT2D eigenvalue weighted by molar-refractivity contribution is 0.0833. The first-order chi connectivity index (χ1) is 7.91. The molecule has 0 unspecified atom stereocenters. The molecule has 0 aromatic rings. The molecule has 0 aliphatic carbocycles. The molecule has 0 atom stereocenters. The Morgan fingerprint density at radius 1 is 0.812 bits per heavy atom. The Kier molecular flexibility index (Phi) is 14.0. The second kappa shape index (κ2) is 14.5. The van der Waals surface area contributed by atoms with Gasteiger partial charge in [-0.3, -0.25) is 0 Å². The topological polar surface area (TPSA) is 18.5 Å². The van der Waals surface area contributed by atoms with Crippen LogP contribution in [0.25, 0.3) is 0 Å². The third-order valence-corrected chi connectivity index (χ3v) is 2.27. The minimum Gasteiger partial charge on any atom is -0.381 e. The molecule has 0 spiro atoms. The molecule has 0 saturated carbocycles. The highest BCUT2D eigenvalue weighted by atomic mass is 16.5. The van der Waals surface area contributed by atoms with Crippen molar-refractivity contribution in [1.82, 2.24) is 0 Å². The van der Waals surface area contributed by atoms with E-state index >= 15 is 0 Å². The minimum atomic E-state index is 0.747. The number of unbranched alkanes of at least 4 members (excludes halogenated alkanes) is 3. The van der Waals surface area contributed by atoms with E-state index in [1.807, 2.05) is 6.92 Å². The first-order valence-corrected chi connectivity index (χ1v) is 6.47. The molecule has 0 aliphatic rings. The Morgan fingerprint density at radius 3 is 2.19 bits per heavy atom. The molecule has 0 aliphatic heterocycles. The Hall–Kier alpha value is -0.520. The van der Waals surface area contributed by atoms with Crippen LogP contribution in [-0.2, 0) is 9.47 Å². The van der Waals surface area contributed by atoms with Crippen molar-refractivity contribution in [2.75, 3.05) is 26.4 Å². The molecule has 2 heteroatoms. The molecule has 94 valence electrons. The van der Waals surface area contributed by atoms with Crippen molar-refractivity contribution >= 4 is 0 Å². The normalized spacial score (nSPS) is 9.88. The molecule has 0 rings (SSSR count). The lowest BCUT2D eigenvalue weighted by Crippen LogP contribution is -2.02. The zero-order chi connectivity index (χ0) is 11.9. The fraction of sp³-hybridized carbons (Fsp3) is 0.857. The van der Waals surface area contributed by atoms with E-state index in [2.05, 4.69) is 18.8 Å². The molecule has 2 nitrogen and oxygen atoms in total. The number of hydrogen-bond acceptors (Lipinski definition) is 2. The molecule has 0 radical (unpaired) electrons. The van der Waals surface area contributed by atoms with Crippen molar-refractivity contribution in [3.63, 3.8) is 0 Å². The van der Waals surface area contributed by atoms with Crippen molar-refractivity contribution in [2.45, 2.75) is 52.4 Å². The molecular formula is C14H26O2. The summed E-state index contributed by atoms with van der Waals surface area (Å²) in [6.45, 7) is 7.35. The number of hydrogen-bond donors (Lipinski definition) is 0. The van der Waals surface area contributed by atoms with Gasteiger partial charge in [-0.25, -0.2) is 0 Å². The standard InChI is InChI=1S/C14H26O2/c1-3-5-7-9-12-16-14-10-13-15-11-8-6-4-2/h3,5,7-14H2,1-2H3. The van der Waals surface area contributed by atoms with Gasteiger partial charge in [-0.15, -0.1) is 11.8 Å². The fourth-order valence-corrected chi connectivity index (χ4v) is 1.35. The summed E-state index contributed by atoms with van der Waals surface area (Å²) in [7, 11) is 0. The molecular weight excluding hydrogens is 200 g/mol. The van der Waals surface area contributed by atoms with Gasteiger partial charge in [-0.05, 0) is 19.8 Å². The predicted molar refractivity (Wildman–Crippen MR) is 68.5 cm³/mol. The molecule has 0 fully saturated rings. The van der Waals surface area contributed by atoms with Crippen molar-refractivity contribution < 1.29 is 9.47 Å². The molecule has 0 saturated heterocycles. The summed E-state index contributed by atoms with van der Waals surface area (Å²) < 4.78 is 10.9. The SMILES string of the molecule is CC#CCCOCCCOCCCCCC. The molecule has 0 aromatic heterocycles. The summed E-state index contributed by atoms with van der Waals surface area (Å²) in [6, 6.07) is 0. The van der Waals surface area contributed by atoms with Gasteiger partial charge in [0.1, 0.15) is 0 Å². The van der Waals surface area contributed by atoms with Crippen LogP contribution in [0.5, 0.6) is 0 Å². The van der Waals surface area contributed by atoms with Crippen LogP contribution in [0.3, 0.4) is 0 Å². The van der Waals surface area contributed by atoms with E-state index in [0.717, 1.165) is 39.3 Å². The van der Waals surface area contributed by atoms with Gasteiger partial charge in [0, 0.05) is 26.2 Å². The fourth-order valence-electron chi connectivity index (χ4n) is 1.35. The molecule has 0 amide bonds. The van der Waals surface area contributed by atoms with E-state index in [1.54, 1.807) is 0 Å². The first kappa shape index (κ1) is 15.5. The van der Waals surface area contributed by atoms with E-state index < -0.39 is 0 Å². The van der Waals surface area contributed by atoms with Crippen LogP contribution in [0.15, 0.2) is 0 Å². The quantitative estimate of drug-likeness (QED) is 0.397. The average Bonchev–Trinajstić information content (AvgIpc) is 2.31. The van der Waals surface area contributed by atoms with Gasteiger partial charge >= 0.3 is 0 Å². The van der Waals surface area contributed by atoms with E-state index in [0.29, 0.717) is 0 Å². The van der Waals surface area contributed by atoms with Crippen molar-refractivity contribution in [3.8, 4) is 11.8 Å². The van der Waals surface area contributed by atoms with Gasteiger partial charge in [-0.1, -0.05) is 26.2 Å². The minimum absolute atomic E-state index is 0.747. The lowest BCUT2D eigenvalue weighted by Gasteiger charge is -2.04. The molecule has 16 heavy (non-hydrogen) atoms. The summed E-state index contributed by atoms with van der Waals surface area (Å²) in [6.07, 6.45) is 6.94. The second-order valence-corrected chi connectivity index (χ2v) is 3.82. The van der Waals surface area contributed by atoms with Gasteiger partial charge in [-0.2, -0.15) is 0 Å². The second-order valence-electron chi connectivity index (χ2n) is 3.82. The zero-order valence-electron chi connectivity index (χ0n) is 10.9. The highest BCUT2D eigenvalue weighted by molar-refractivity contribution is 4.94. The van der Waals surface area contributed by atoms with Crippen LogP contribution in [0, 0.1) is 11.8 Å². The maximum atomic E-state index is 5.50. The van der Waals surface area contributed by atoms with Crippen LogP contribution in [0.2, 0.25) is 0 Å². The highest BCUT2D eigenvalue weighted by Crippen LogP contribution is 1.99. The Morgan fingerprint density at radius 2 is 1.50 bits per heavy atom. The molecule has 0 aromatic carbocycles. The summed E-state index contributed by atoms with van der Waals surface area (Å²) in [4.78, 5) is 0. The average molecular weight is 226 g/mol. The van der Waals surface area contributed by atoms with E-state index in [-0.39, 0.29) is 0 Å².